The minimum Gasteiger partial charge on any atom is -0.384 e. The number of halogens is 3. The van der Waals surface area contributed by atoms with Gasteiger partial charge in [0.15, 0.2) is 0 Å². The van der Waals surface area contributed by atoms with E-state index in [1.54, 1.807) is 0 Å². The molecule has 1 heterocycles. The number of rotatable bonds is 3. The van der Waals surface area contributed by atoms with Crippen LogP contribution >= 0.6 is 0 Å². The van der Waals surface area contributed by atoms with Gasteiger partial charge >= 0.3 is 6.18 Å². The van der Waals surface area contributed by atoms with Gasteiger partial charge in [0.25, 0.3) is 0 Å². The van der Waals surface area contributed by atoms with Crippen molar-refractivity contribution in [2.45, 2.75) is 37.9 Å². The molecule has 1 fully saturated rings. The van der Waals surface area contributed by atoms with E-state index >= 15 is 0 Å². The maximum Gasteiger partial charge on any atom is 0.411 e. The van der Waals surface area contributed by atoms with Crippen molar-refractivity contribution in [2.24, 2.45) is 0 Å². The number of anilines is 2. The average Bonchev–Trinajstić information content (AvgIpc) is 2.97. The van der Waals surface area contributed by atoms with E-state index in [0.29, 0.717) is 12.2 Å². The largest absolute Gasteiger partial charge is 0.411 e. The van der Waals surface area contributed by atoms with Crippen molar-refractivity contribution < 1.29 is 13.2 Å². The predicted octanol–water partition coefficient (Wildman–Crippen LogP) is 2.13. The zero-order valence-corrected chi connectivity index (χ0v) is 9.30. The number of hydrogen-bond donors (Lipinski definition) is 2. The number of hydrogen-bond acceptors (Lipinski definition) is 4. The number of aromatic nitrogens is 2. The summed E-state index contributed by atoms with van der Waals surface area (Å²) < 4.78 is 38.2. The standard InChI is InChI=1S/C10H13F3N4/c1-2-7-15-6(14)5-8(16-7)17-9(3-4-9)10(11,12)13/h5H,2-4H2,1H3,(H3,14,15,16,17). The van der Waals surface area contributed by atoms with Crippen molar-refractivity contribution in [3.8, 4) is 0 Å². The molecule has 3 N–H and O–H groups in total. The Morgan fingerprint density at radius 2 is 2.06 bits per heavy atom. The van der Waals surface area contributed by atoms with Crippen LogP contribution in [-0.2, 0) is 6.42 Å². The van der Waals surface area contributed by atoms with Crippen LogP contribution in [-0.4, -0.2) is 21.7 Å². The van der Waals surface area contributed by atoms with Gasteiger partial charge in [0.1, 0.15) is 23.0 Å². The Kier molecular flexibility index (Phi) is 2.63. The van der Waals surface area contributed by atoms with E-state index in [9.17, 15) is 13.2 Å². The Labute approximate surface area is 96.4 Å². The van der Waals surface area contributed by atoms with Crippen LogP contribution in [0.2, 0.25) is 0 Å². The molecule has 2 rings (SSSR count). The van der Waals surface area contributed by atoms with Crippen LogP contribution in [0.1, 0.15) is 25.6 Å². The molecule has 0 amide bonds. The van der Waals surface area contributed by atoms with Crippen LogP contribution in [0, 0.1) is 0 Å². The third-order valence-corrected chi connectivity index (χ3v) is 2.77. The molecular weight excluding hydrogens is 233 g/mol. The van der Waals surface area contributed by atoms with Crippen LogP contribution in [0.15, 0.2) is 6.07 Å². The highest BCUT2D eigenvalue weighted by molar-refractivity contribution is 5.48. The molecule has 0 unspecified atom stereocenters. The van der Waals surface area contributed by atoms with Crippen LogP contribution in [0.4, 0.5) is 24.8 Å². The van der Waals surface area contributed by atoms with Crippen molar-refractivity contribution in [1.82, 2.24) is 9.97 Å². The van der Waals surface area contributed by atoms with E-state index in [2.05, 4.69) is 15.3 Å². The summed E-state index contributed by atoms with van der Waals surface area (Å²) in [5, 5.41) is 2.43. The third-order valence-electron chi connectivity index (χ3n) is 2.77. The summed E-state index contributed by atoms with van der Waals surface area (Å²) in [5.41, 5.74) is 3.69. The molecular formula is C10H13F3N4. The minimum absolute atomic E-state index is 0.0713. The molecule has 1 aliphatic carbocycles. The second-order valence-electron chi connectivity index (χ2n) is 4.15. The monoisotopic (exact) mass is 246 g/mol. The van der Waals surface area contributed by atoms with E-state index in [1.165, 1.54) is 6.07 Å². The van der Waals surface area contributed by atoms with Gasteiger partial charge in [-0.15, -0.1) is 0 Å². The van der Waals surface area contributed by atoms with Gasteiger partial charge < -0.3 is 11.1 Å². The van der Waals surface area contributed by atoms with Gasteiger partial charge in [0, 0.05) is 12.5 Å². The topological polar surface area (TPSA) is 63.8 Å². The quantitative estimate of drug-likeness (QED) is 0.857. The lowest BCUT2D eigenvalue weighted by molar-refractivity contribution is -0.151. The zero-order valence-electron chi connectivity index (χ0n) is 9.30. The maximum atomic E-state index is 12.7. The van der Waals surface area contributed by atoms with Crippen molar-refractivity contribution in [2.75, 3.05) is 11.1 Å². The fourth-order valence-electron chi connectivity index (χ4n) is 1.59. The molecule has 0 radical (unpaired) electrons. The van der Waals surface area contributed by atoms with Gasteiger partial charge in [-0.2, -0.15) is 13.2 Å². The van der Waals surface area contributed by atoms with Crippen LogP contribution in [0.3, 0.4) is 0 Å². The van der Waals surface area contributed by atoms with Crippen molar-refractivity contribution in [1.29, 1.82) is 0 Å². The van der Waals surface area contributed by atoms with Crippen LogP contribution < -0.4 is 11.1 Å². The highest BCUT2D eigenvalue weighted by Gasteiger charge is 2.63. The summed E-state index contributed by atoms with van der Waals surface area (Å²) in [4.78, 5) is 7.90. The second kappa shape index (κ2) is 3.75. The predicted molar refractivity (Wildman–Crippen MR) is 57.5 cm³/mol. The van der Waals surface area contributed by atoms with Crippen LogP contribution in [0.25, 0.3) is 0 Å². The Bertz CT molecular complexity index is 426. The first-order valence-electron chi connectivity index (χ1n) is 5.35. The normalized spacial score (nSPS) is 17.9. The van der Waals surface area contributed by atoms with E-state index < -0.39 is 11.7 Å². The van der Waals surface area contributed by atoms with E-state index in [4.69, 9.17) is 5.73 Å². The van der Waals surface area contributed by atoms with E-state index in [1.807, 2.05) is 6.92 Å². The summed E-state index contributed by atoms with van der Waals surface area (Å²) in [6, 6.07) is 1.32. The fraction of sp³-hybridized carbons (Fsp3) is 0.600. The third kappa shape index (κ3) is 2.27. The number of nitrogens with zero attached hydrogens (tertiary/aromatic N) is 2. The minimum atomic E-state index is -4.26. The van der Waals surface area contributed by atoms with Crippen LogP contribution in [0.5, 0.6) is 0 Å². The Hall–Kier alpha value is -1.53. The van der Waals surface area contributed by atoms with Crippen molar-refractivity contribution in [3.05, 3.63) is 11.9 Å². The Morgan fingerprint density at radius 1 is 1.41 bits per heavy atom. The number of nitrogens with one attached hydrogen (secondary N) is 1. The lowest BCUT2D eigenvalue weighted by Crippen LogP contribution is -2.39. The lowest BCUT2D eigenvalue weighted by atomic mass is 10.2. The number of aryl methyl sites for hydroxylation is 1. The summed E-state index contributed by atoms with van der Waals surface area (Å²) >= 11 is 0. The molecule has 1 saturated carbocycles. The van der Waals surface area contributed by atoms with Gasteiger partial charge in [-0.1, -0.05) is 6.92 Å². The van der Waals surface area contributed by atoms with Gasteiger partial charge in [-0.05, 0) is 12.8 Å². The molecule has 0 saturated heterocycles. The summed E-state index contributed by atoms with van der Waals surface area (Å²) in [6.07, 6.45) is -3.60. The van der Waals surface area contributed by atoms with Gasteiger partial charge in [-0.25, -0.2) is 9.97 Å². The molecule has 1 aliphatic rings. The molecule has 7 heteroatoms. The molecule has 94 valence electrons. The summed E-state index contributed by atoms with van der Waals surface area (Å²) in [7, 11) is 0. The second-order valence-corrected chi connectivity index (χ2v) is 4.15. The first-order chi connectivity index (χ1) is 7.86. The Morgan fingerprint density at radius 3 is 2.53 bits per heavy atom. The molecule has 1 aromatic heterocycles. The zero-order chi connectivity index (χ0) is 12.7. The number of alkyl halides is 3. The number of nitrogens with two attached hydrogens (primary N) is 1. The summed E-state index contributed by atoms with van der Waals surface area (Å²) in [6.45, 7) is 1.81. The first-order valence-corrected chi connectivity index (χ1v) is 5.35. The number of nitrogen functional groups attached to an aromatic ring is 1. The molecule has 0 atom stereocenters. The van der Waals surface area contributed by atoms with E-state index in [0.717, 1.165) is 0 Å². The smallest absolute Gasteiger partial charge is 0.384 e. The SMILES string of the molecule is CCc1nc(N)cc(NC2(C(F)(F)F)CC2)n1. The van der Waals surface area contributed by atoms with Crippen molar-refractivity contribution in [3.63, 3.8) is 0 Å². The lowest BCUT2D eigenvalue weighted by Gasteiger charge is -2.21. The van der Waals surface area contributed by atoms with Gasteiger partial charge in [0.2, 0.25) is 0 Å². The highest BCUT2D eigenvalue weighted by Crippen LogP contribution is 2.50. The molecule has 1 aromatic rings. The molecule has 4 nitrogen and oxygen atoms in total. The van der Waals surface area contributed by atoms with Crippen molar-refractivity contribution >= 4 is 11.6 Å². The fourth-order valence-corrected chi connectivity index (χ4v) is 1.59. The molecule has 0 bridgehead atoms. The first kappa shape index (κ1) is 11.9. The molecule has 0 aliphatic heterocycles. The van der Waals surface area contributed by atoms with E-state index in [-0.39, 0.29) is 24.5 Å². The molecule has 0 aromatic carbocycles. The van der Waals surface area contributed by atoms with Gasteiger partial charge in [0.05, 0.1) is 0 Å². The molecule has 0 spiro atoms. The van der Waals surface area contributed by atoms with Gasteiger partial charge in [-0.3, -0.25) is 0 Å². The highest BCUT2D eigenvalue weighted by atomic mass is 19.4. The average molecular weight is 246 g/mol. The summed E-state index contributed by atoms with van der Waals surface area (Å²) in [5.74, 6) is 0.756. The molecule has 17 heavy (non-hydrogen) atoms. The Balaban J connectivity index is 2.22. The maximum absolute atomic E-state index is 12.7.